The number of rotatable bonds is 3. The summed E-state index contributed by atoms with van der Waals surface area (Å²) in [5.74, 6) is 0. The molecule has 0 bridgehead atoms. The molecular weight excluding hydrogens is 144 g/mol. The summed E-state index contributed by atoms with van der Waals surface area (Å²) in [6.07, 6.45) is 12.2. The summed E-state index contributed by atoms with van der Waals surface area (Å²) in [6.45, 7) is 6.68. The molecule has 0 saturated carbocycles. The van der Waals surface area contributed by atoms with Gasteiger partial charge >= 0.3 is 0 Å². The van der Waals surface area contributed by atoms with Gasteiger partial charge in [-0.15, -0.1) is 0 Å². The zero-order valence-corrected chi connectivity index (χ0v) is 8.56. The van der Waals surface area contributed by atoms with E-state index in [1.165, 1.54) is 31.3 Å². The molecule has 12 heavy (non-hydrogen) atoms. The first kappa shape index (κ1) is 9.57. The molecule has 1 aliphatic rings. The van der Waals surface area contributed by atoms with Crippen molar-refractivity contribution in [2.75, 3.05) is 0 Å². The maximum atomic E-state index is 2.39. The van der Waals surface area contributed by atoms with E-state index < -0.39 is 0 Å². The predicted octanol–water partition coefficient (Wildman–Crippen LogP) is 4.09. The van der Waals surface area contributed by atoms with E-state index in [1.807, 2.05) is 0 Å². The van der Waals surface area contributed by atoms with Crippen LogP contribution in [0, 0.1) is 5.41 Å². The molecule has 0 fully saturated rings. The summed E-state index contributed by atoms with van der Waals surface area (Å²) in [7, 11) is 0. The van der Waals surface area contributed by atoms with E-state index in [2.05, 4.69) is 39.0 Å². The average Bonchev–Trinajstić information content (AvgIpc) is 2.50. The molecule has 0 heteroatoms. The average molecular weight is 164 g/mol. The van der Waals surface area contributed by atoms with E-state index in [4.69, 9.17) is 0 Å². The first-order valence-electron chi connectivity index (χ1n) is 4.97. The van der Waals surface area contributed by atoms with Gasteiger partial charge in [0.1, 0.15) is 0 Å². The zero-order chi connectivity index (χ0) is 9.03. The molecular formula is C12H20. The Labute approximate surface area is 76.4 Å². The minimum absolute atomic E-state index is 0.581. The molecule has 0 nitrogen and oxygen atoms in total. The van der Waals surface area contributed by atoms with Crippen molar-refractivity contribution in [1.82, 2.24) is 0 Å². The Morgan fingerprint density at radius 1 is 1.33 bits per heavy atom. The second-order valence-electron chi connectivity index (χ2n) is 4.22. The Kier molecular flexibility index (Phi) is 3.13. The van der Waals surface area contributed by atoms with Crippen LogP contribution in [-0.4, -0.2) is 0 Å². The molecule has 0 aliphatic heterocycles. The highest BCUT2D eigenvalue weighted by Crippen LogP contribution is 2.40. The Morgan fingerprint density at radius 3 is 2.33 bits per heavy atom. The fourth-order valence-corrected chi connectivity index (χ4v) is 1.77. The van der Waals surface area contributed by atoms with E-state index in [0.717, 1.165) is 0 Å². The van der Waals surface area contributed by atoms with Crippen LogP contribution in [0.3, 0.4) is 0 Å². The van der Waals surface area contributed by atoms with Gasteiger partial charge in [0.05, 0.1) is 0 Å². The van der Waals surface area contributed by atoms with Crippen molar-refractivity contribution in [3.05, 3.63) is 23.8 Å². The molecule has 0 radical (unpaired) electrons. The van der Waals surface area contributed by atoms with Crippen LogP contribution < -0.4 is 0 Å². The zero-order valence-electron chi connectivity index (χ0n) is 8.56. The van der Waals surface area contributed by atoms with Crippen LogP contribution in [-0.2, 0) is 0 Å². The van der Waals surface area contributed by atoms with Crippen LogP contribution in [0.25, 0.3) is 0 Å². The van der Waals surface area contributed by atoms with Crippen LogP contribution in [0.2, 0.25) is 0 Å². The molecule has 0 amide bonds. The molecule has 0 aromatic rings. The molecule has 0 spiro atoms. The highest BCUT2D eigenvalue weighted by atomic mass is 14.3. The van der Waals surface area contributed by atoms with Crippen LogP contribution >= 0.6 is 0 Å². The number of hydrogen-bond donors (Lipinski definition) is 0. The first-order chi connectivity index (χ1) is 5.68. The van der Waals surface area contributed by atoms with Crippen molar-refractivity contribution in [2.24, 2.45) is 5.41 Å². The van der Waals surface area contributed by atoms with Crippen molar-refractivity contribution in [3.8, 4) is 0 Å². The lowest BCUT2D eigenvalue weighted by Crippen LogP contribution is -2.14. The summed E-state index contributed by atoms with van der Waals surface area (Å²) >= 11 is 0. The molecule has 0 atom stereocenters. The predicted molar refractivity (Wildman–Crippen MR) is 55.1 cm³/mol. The van der Waals surface area contributed by atoms with Crippen LogP contribution in [0.5, 0.6) is 0 Å². The summed E-state index contributed by atoms with van der Waals surface area (Å²) in [5.41, 5.74) is 2.03. The standard InChI is InChI=1S/C12H20/c1-4-12(8-5-6-9-12)10-7-11(2)3/h5-7H,4,8-10H2,1-3H3. The lowest BCUT2D eigenvalue weighted by molar-refractivity contribution is 0.301. The van der Waals surface area contributed by atoms with E-state index >= 15 is 0 Å². The van der Waals surface area contributed by atoms with E-state index in [0.29, 0.717) is 5.41 Å². The van der Waals surface area contributed by atoms with Crippen LogP contribution in [0.15, 0.2) is 23.8 Å². The molecule has 1 aliphatic carbocycles. The van der Waals surface area contributed by atoms with Gasteiger partial charge in [0.2, 0.25) is 0 Å². The van der Waals surface area contributed by atoms with Crippen molar-refractivity contribution < 1.29 is 0 Å². The third-order valence-electron chi connectivity index (χ3n) is 2.96. The summed E-state index contributed by atoms with van der Waals surface area (Å²) in [5, 5.41) is 0. The van der Waals surface area contributed by atoms with E-state index in [9.17, 15) is 0 Å². The molecule has 0 unspecified atom stereocenters. The van der Waals surface area contributed by atoms with Gasteiger partial charge in [0.15, 0.2) is 0 Å². The van der Waals surface area contributed by atoms with Gasteiger partial charge in [0.25, 0.3) is 0 Å². The largest absolute Gasteiger partial charge is 0.0879 e. The van der Waals surface area contributed by atoms with Crippen molar-refractivity contribution in [1.29, 1.82) is 0 Å². The molecule has 0 aromatic heterocycles. The van der Waals surface area contributed by atoms with Crippen molar-refractivity contribution >= 4 is 0 Å². The van der Waals surface area contributed by atoms with Crippen LogP contribution in [0.4, 0.5) is 0 Å². The van der Waals surface area contributed by atoms with Gasteiger partial charge in [-0.2, -0.15) is 0 Å². The van der Waals surface area contributed by atoms with E-state index in [1.54, 1.807) is 0 Å². The fraction of sp³-hybridized carbons (Fsp3) is 0.667. The highest BCUT2D eigenvalue weighted by Gasteiger charge is 2.27. The van der Waals surface area contributed by atoms with Gasteiger partial charge in [-0.05, 0) is 44.9 Å². The maximum absolute atomic E-state index is 2.39. The number of allylic oxidation sites excluding steroid dienone is 4. The monoisotopic (exact) mass is 164 g/mol. The Hall–Kier alpha value is -0.520. The van der Waals surface area contributed by atoms with Gasteiger partial charge in [-0.1, -0.05) is 30.7 Å². The lowest BCUT2D eigenvalue weighted by atomic mass is 9.79. The summed E-state index contributed by atoms with van der Waals surface area (Å²) in [4.78, 5) is 0. The van der Waals surface area contributed by atoms with Gasteiger partial charge in [-0.25, -0.2) is 0 Å². The van der Waals surface area contributed by atoms with Crippen LogP contribution in [0.1, 0.15) is 46.5 Å². The SMILES string of the molecule is CCC1(CC=C(C)C)CC=CC1. The number of hydrogen-bond acceptors (Lipinski definition) is 0. The van der Waals surface area contributed by atoms with Crippen molar-refractivity contribution in [2.45, 2.75) is 46.5 Å². The molecule has 68 valence electrons. The van der Waals surface area contributed by atoms with E-state index in [-0.39, 0.29) is 0 Å². The Morgan fingerprint density at radius 2 is 1.92 bits per heavy atom. The summed E-state index contributed by atoms with van der Waals surface area (Å²) in [6, 6.07) is 0. The fourth-order valence-electron chi connectivity index (χ4n) is 1.77. The Bertz CT molecular complexity index is 184. The molecule has 0 saturated heterocycles. The topological polar surface area (TPSA) is 0 Å². The van der Waals surface area contributed by atoms with Crippen molar-refractivity contribution in [3.63, 3.8) is 0 Å². The normalized spacial score (nSPS) is 19.6. The molecule has 0 heterocycles. The second-order valence-corrected chi connectivity index (χ2v) is 4.22. The van der Waals surface area contributed by atoms with Gasteiger partial charge in [0, 0.05) is 0 Å². The third kappa shape index (κ3) is 2.23. The lowest BCUT2D eigenvalue weighted by Gasteiger charge is -2.25. The Balaban J connectivity index is 2.51. The maximum Gasteiger partial charge on any atom is -0.0196 e. The third-order valence-corrected chi connectivity index (χ3v) is 2.96. The first-order valence-corrected chi connectivity index (χ1v) is 4.97. The second kappa shape index (κ2) is 3.93. The minimum atomic E-state index is 0.581. The van der Waals surface area contributed by atoms with Gasteiger partial charge < -0.3 is 0 Å². The molecule has 1 rings (SSSR count). The smallest absolute Gasteiger partial charge is 0.0196 e. The van der Waals surface area contributed by atoms with Gasteiger partial charge in [-0.3, -0.25) is 0 Å². The molecule has 0 N–H and O–H groups in total. The molecule has 0 aromatic carbocycles. The highest BCUT2D eigenvalue weighted by molar-refractivity contribution is 5.07. The quantitative estimate of drug-likeness (QED) is 0.551. The minimum Gasteiger partial charge on any atom is -0.0879 e. The summed E-state index contributed by atoms with van der Waals surface area (Å²) < 4.78 is 0.